The van der Waals surface area contributed by atoms with E-state index in [0.29, 0.717) is 12.1 Å². The lowest BCUT2D eigenvalue weighted by Crippen LogP contribution is -2.23. The van der Waals surface area contributed by atoms with Gasteiger partial charge in [-0.3, -0.25) is 9.78 Å². The van der Waals surface area contributed by atoms with E-state index >= 15 is 0 Å². The highest BCUT2D eigenvalue weighted by atomic mass is 16.1. The monoisotopic (exact) mass is 344 g/mol. The summed E-state index contributed by atoms with van der Waals surface area (Å²) in [4.78, 5) is 16.7. The summed E-state index contributed by atoms with van der Waals surface area (Å²) >= 11 is 0. The van der Waals surface area contributed by atoms with E-state index in [-0.39, 0.29) is 11.3 Å². The maximum atomic E-state index is 12.4. The van der Waals surface area contributed by atoms with Gasteiger partial charge < -0.3 is 5.32 Å². The van der Waals surface area contributed by atoms with Crippen molar-refractivity contribution < 1.29 is 4.79 Å². The Morgan fingerprint density at radius 1 is 0.923 bits per heavy atom. The van der Waals surface area contributed by atoms with Gasteiger partial charge in [0.15, 0.2) is 0 Å². The summed E-state index contributed by atoms with van der Waals surface area (Å²) in [5.41, 5.74) is 5.07. The lowest BCUT2D eigenvalue weighted by Gasteiger charge is -2.19. The summed E-state index contributed by atoms with van der Waals surface area (Å²) in [5.74, 6) is -0.0937. The van der Waals surface area contributed by atoms with Crippen LogP contribution in [0.2, 0.25) is 0 Å². The quantitative estimate of drug-likeness (QED) is 0.725. The van der Waals surface area contributed by atoms with Crippen LogP contribution in [0.15, 0.2) is 72.9 Å². The van der Waals surface area contributed by atoms with Crippen LogP contribution in [-0.4, -0.2) is 10.9 Å². The third kappa shape index (κ3) is 4.37. The first kappa shape index (κ1) is 17.9. The number of hydrogen-bond donors (Lipinski definition) is 1. The van der Waals surface area contributed by atoms with E-state index in [2.05, 4.69) is 55.3 Å². The van der Waals surface area contributed by atoms with Gasteiger partial charge in [0.1, 0.15) is 0 Å². The Bertz CT molecular complexity index is 878. The highest BCUT2D eigenvalue weighted by Crippen LogP contribution is 2.26. The zero-order valence-corrected chi connectivity index (χ0v) is 15.5. The largest absolute Gasteiger partial charge is 0.346 e. The Kier molecular flexibility index (Phi) is 5.17. The third-order valence-electron chi connectivity index (χ3n) is 4.37. The summed E-state index contributed by atoms with van der Waals surface area (Å²) in [5, 5.41) is 2.92. The molecule has 0 bridgehead atoms. The highest BCUT2D eigenvalue weighted by Gasteiger charge is 2.13. The molecule has 0 saturated heterocycles. The number of rotatable bonds is 4. The van der Waals surface area contributed by atoms with Gasteiger partial charge in [0.05, 0.1) is 12.2 Å². The number of carbonyl (C=O) groups is 1. The molecule has 3 nitrogen and oxygen atoms in total. The first-order valence-corrected chi connectivity index (χ1v) is 8.82. The summed E-state index contributed by atoms with van der Waals surface area (Å²) in [7, 11) is 0. The molecule has 0 aliphatic carbocycles. The number of hydrogen-bond acceptors (Lipinski definition) is 2. The van der Waals surface area contributed by atoms with Crippen molar-refractivity contribution in [2.75, 3.05) is 0 Å². The highest BCUT2D eigenvalue weighted by molar-refractivity contribution is 5.95. The first-order chi connectivity index (χ1) is 12.4. The van der Waals surface area contributed by atoms with Gasteiger partial charge in [-0.1, -0.05) is 63.2 Å². The molecule has 2 aromatic carbocycles. The molecule has 0 unspecified atom stereocenters. The van der Waals surface area contributed by atoms with Gasteiger partial charge in [0.25, 0.3) is 5.91 Å². The standard InChI is InChI=1S/C23H24N2O/c1-23(2,3)20-12-10-17(11-13-20)18-7-6-8-19(15-18)22(26)25-16-21-9-4-5-14-24-21/h4-15H,16H2,1-3H3,(H,25,26). The van der Waals surface area contributed by atoms with Crippen LogP contribution < -0.4 is 5.32 Å². The van der Waals surface area contributed by atoms with Crippen molar-refractivity contribution in [1.82, 2.24) is 10.3 Å². The van der Waals surface area contributed by atoms with Crippen molar-refractivity contribution in [1.29, 1.82) is 0 Å². The second-order valence-corrected chi connectivity index (χ2v) is 7.41. The van der Waals surface area contributed by atoms with Crippen LogP contribution in [0.25, 0.3) is 11.1 Å². The third-order valence-corrected chi connectivity index (χ3v) is 4.37. The van der Waals surface area contributed by atoms with Crippen molar-refractivity contribution >= 4 is 5.91 Å². The Morgan fingerprint density at radius 3 is 2.35 bits per heavy atom. The molecule has 1 amide bonds. The van der Waals surface area contributed by atoms with Gasteiger partial charge in [0, 0.05) is 11.8 Å². The summed E-state index contributed by atoms with van der Waals surface area (Å²) in [6, 6.07) is 21.9. The van der Waals surface area contributed by atoms with E-state index in [1.54, 1.807) is 6.20 Å². The molecule has 0 aliphatic heterocycles. The Morgan fingerprint density at radius 2 is 1.69 bits per heavy atom. The Hall–Kier alpha value is -2.94. The Labute approximate surface area is 155 Å². The average Bonchev–Trinajstić information content (AvgIpc) is 2.66. The predicted octanol–water partition coefficient (Wildman–Crippen LogP) is 4.98. The summed E-state index contributed by atoms with van der Waals surface area (Å²) in [6.45, 7) is 7.03. The minimum absolute atomic E-state index is 0.0937. The molecule has 1 heterocycles. The lowest BCUT2D eigenvalue weighted by molar-refractivity contribution is 0.0950. The van der Waals surface area contributed by atoms with Crippen LogP contribution in [0.4, 0.5) is 0 Å². The molecule has 1 N–H and O–H groups in total. The van der Waals surface area contributed by atoms with Gasteiger partial charge in [-0.05, 0) is 46.4 Å². The van der Waals surface area contributed by atoms with Crippen LogP contribution >= 0.6 is 0 Å². The lowest BCUT2D eigenvalue weighted by atomic mass is 9.86. The van der Waals surface area contributed by atoms with E-state index in [0.717, 1.165) is 16.8 Å². The fourth-order valence-corrected chi connectivity index (χ4v) is 2.78. The van der Waals surface area contributed by atoms with E-state index in [1.807, 2.05) is 42.5 Å². The molecule has 1 aromatic heterocycles. The first-order valence-electron chi connectivity index (χ1n) is 8.82. The molecular weight excluding hydrogens is 320 g/mol. The van der Waals surface area contributed by atoms with E-state index in [9.17, 15) is 4.79 Å². The van der Waals surface area contributed by atoms with Crippen molar-refractivity contribution in [2.45, 2.75) is 32.7 Å². The van der Waals surface area contributed by atoms with Crippen molar-refractivity contribution in [3.8, 4) is 11.1 Å². The fraction of sp³-hybridized carbons (Fsp3) is 0.217. The predicted molar refractivity (Wildman–Crippen MR) is 106 cm³/mol. The summed E-state index contributed by atoms with van der Waals surface area (Å²) < 4.78 is 0. The number of aromatic nitrogens is 1. The van der Waals surface area contributed by atoms with Crippen LogP contribution in [0.3, 0.4) is 0 Å². The normalized spacial score (nSPS) is 11.2. The maximum absolute atomic E-state index is 12.4. The molecule has 3 heteroatoms. The van der Waals surface area contributed by atoms with E-state index < -0.39 is 0 Å². The van der Waals surface area contributed by atoms with E-state index in [1.165, 1.54) is 5.56 Å². The number of nitrogens with one attached hydrogen (secondary N) is 1. The molecule has 3 aromatic rings. The Balaban J connectivity index is 1.74. The smallest absolute Gasteiger partial charge is 0.251 e. The molecular formula is C23H24N2O. The molecule has 0 fully saturated rings. The number of benzene rings is 2. The average molecular weight is 344 g/mol. The molecule has 0 spiro atoms. The minimum atomic E-state index is -0.0937. The number of carbonyl (C=O) groups excluding carboxylic acids is 1. The van der Waals surface area contributed by atoms with Crippen molar-refractivity contribution in [3.63, 3.8) is 0 Å². The minimum Gasteiger partial charge on any atom is -0.346 e. The van der Waals surface area contributed by atoms with Gasteiger partial charge in [0.2, 0.25) is 0 Å². The summed E-state index contributed by atoms with van der Waals surface area (Å²) in [6.07, 6.45) is 1.73. The molecule has 0 atom stereocenters. The maximum Gasteiger partial charge on any atom is 0.251 e. The molecule has 132 valence electrons. The van der Waals surface area contributed by atoms with Gasteiger partial charge in [-0.15, -0.1) is 0 Å². The second-order valence-electron chi connectivity index (χ2n) is 7.41. The zero-order chi connectivity index (χ0) is 18.6. The number of pyridine rings is 1. The van der Waals surface area contributed by atoms with Crippen LogP contribution in [-0.2, 0) is 12.0 Å². The molecule has 0 aliphatic rings. The van der Waals surface area contributed by atoms with E-state index in [4.69, 9.17) is 0 Å². The van der Waals surface area contributed by atoms with Crippen molar-refractivity contribution in [2.24, 2.45) is 0 Å². The van der Waals surface area contributed by atoms with Gasteiger partial charge in [-0.25, -0.2) is 0 Å². The topological polar surface area (TPSA) is 42.0 Å². The molecule has 0 saturated carbocycles. The molecule has 3 rings (SSSR count). The molecule has 26 heavy (non-hydrogen) atoms. The zero-order valence-electron chi connectivity index (χ0n) is 15.5. The number of amides is 1. The van der Waals surface area contributed by atoms with Crippen LogP contribution in [0.5, 0.6) is 0 Å². The van der Waals surface area contributed by atoms with Crippen molar-refractivity contribution in [3.05, 3.63) is 89.7 Å². The van der Waals surface area contributed by atoms with Crippen LogP contribution in [0.1, 0.15) is 42.4 Å². The second kappa shape index (κ2) is 7.52. The van der Waals surface area contributed by atoms with Gasteiger partial charge >= 0.3 is 0 Å². The molecule has 0 radical (unpaired) electrons. The van der Waals surface area contributed by atoms with Gasteiger partial charge in [-0.2, -0.15) is 0 Å². The SMILES string of the molecule is CC(C)(C)c1ccc(-c2cccc(C(=O)NCc3ccccn3)c2)cc1. The van der Waals surface area contributed by atoms with Crippen LogP contribution in [0, 0.1) is 0 Å². The number of nitrogens with zero attached hydrogens (tertiary/aromatic N) is 1. The fourth-order valence-electron chi connectivity index (χ4n) is 2.78.